The summed E-state index contributed by atoms with van der Waals surface area (Å²) in [7, 11) is 0. The van der Waals surface area contributed by atoms with Gasteiger partial charge in [-0.3, -0.25) is 9.68 Å². The van der Waals surface area contributed by atoms with Crippen molar-refractivity contribution in [3.05, 3.63) is 86.6 Å². The van der Waals surface area contributed by atoms with Crippen molar-refractivity contribution in [2.45, 2.75) is 20.1 Å². The number of aliphatic imine (C=N–C) groups is 1. The average Bonchev–Trinajstić information content (AvgIpc) is 2.81. The van der Waals surface area contributed by atoms with Crippen LogP contribution >= 0.6 is 11.6 Å². The number of H-pyrrole nitrogens is 1. The van der Waals surface area contributed by atoms with E-state index in [0.29, 0.717) is 27.7 Å². The normalized spacial score (nSPS) is 15.0. The molecule has 29 heavy (non-hydrogen) atoms. The van der Waals surface area contributed by atoms with Crippen LogP contribution < -0.4 is 5.56 Å². The van der Waals surface area contributed by atoms with Gasteiger partial charge in [0.05, 0.1) is 11.3 Å². The molecule has 0 aliphatic carbocycles. The molecule has 2 aromatic carbocycles. The average molecular weight is 410 g/mol. The first-order valence-electron chi connectivity index (χ1n) is 8.82. The second-order valence-electron chi connectivity index (χ2n) is 6.47. The molecule has 1 aliphatic heterocycles. The number of benzene rings is 2. The van der Waals surface area contributed by atoms with Crippen molar-refractivity contribution < 1.29 is 14.6 Å². The lowest BCUT2D eigenvalue weighted by Gasteiger charge is -2.13. The molecule has 0 fully saturated rings. The van der Waals surface area contributed by atoms with E-state index in [0.717, 1.165) is 5.56 Å². The second kappa shape index (κ2) is 7.62. The standard InChI is InChI=1S/C21H16ClN3O4/c1-11-23-19-17(20(27)24-11)15-9-8-14(22)10-16(15)18(13-6-4-3-5-7-13)25-21(19)29-28-12(2)26/h3-10,21H,1-2H3,(H,23,24,27). The number of carbonyl (C=O) groups is 1. The summed E-state index contributed by atoms with van der Waals surface area (Å²) in [5.74, 6) is -0.256. The van der Waals surface area contributed by atoms with Crippen molar-refractivity contribution in [3.8, 4) is 11.1 Å². The van der Waals surface area contributed by atoms with E-state index in [2.05, 4.69) is 15.0 Å². The van der Waals surface area contributed by atoms with Crippen LogP contribution in [-0.2, 0) is 14.6 Å². The lowest BCUT2D eigenvalue weighted by molar-refractivity contribution is -0.297. The third-order valence-corrected chi connectivity index (χ3v) is 4.59. The van der Waals surface area contributed by atoms with Gasteiger partial charge < -0.3 is 4.98 Å². The monoisotopic (exact) mass is 409 g/mol. The van der Waals surface area contributed by atoms with Crippen LogP contribution in [0, 0.1) is 6.92 Å². The molecule has 0 bridgehead atoms. The van der Waals surface area contributed by atoms with E-state index in [4.69, 9.17) is 21.4 Å². The summed E-state index contributed by atoms with van der Waals surface area (Å²) >= 11 is 6.26. The van der Waals surface area contributed by atoms with Crippen LogP contribution in [0.1, 0.15) is 35.8 Å². The molecule has 146 valence electrons. The highest BCUT2D eigenvalue weighted by Gasteiger charge is 2.30. The predicted molar refractivity (Wildman–Crippen MR) is 108 cm³/mol. The molecule has 0 saturated heterocycles. The quantitative estimate of drug-likeness (QED) is 0.525. The maximum absolute atomic E-state index is 12.9. The van der Waals surface area contributed by atoms with E-state index in [1.54, 1.807) is 25.1 Å². The van der Waals surface area contributed by atoms with Gasteiger partial charge in [0.15, 0.2) is 0 Å². The molecular weight excluding hydrogens is 394 g/mol. The van der Waals surface area contributed by atoms with Crippen molar-refractivity contribution in [2.75, 3.05) is 0 Å². The Morgan fingerprint density at radius 2 is 1.90 bits per heavy atom. The highest BCUT2D eigenvalue weighted by Crippen LogP contribution is 2.36. The molecule has 7 nitrogen and oxygen atoms in total. The van der Waals surface area contributed by atoms with Crippen molar-refractivity contribution in [1.29, 1.82) is 0 Å². The summed E-state index contributed by atoms with van der Waals surface area (Å²) in [6, 6.07) is 14.6. The van der Waals surface area contributed by atoms with Gasteiger partial charge in [0.1, 0.15) is 11.5 Å². The molecule has 1 aromatic heterocycles. The van der Waals surface area contributed by atoms with E-state index in [1.165, 1.54) is 6.92 Å². The highest BCUT2D eigenvalue weighted by molar-refractivity contribution is 6.31. The highest BCUT2D eigenvalue weighted by atomic mass is 35.5. The molecule has 8 heteroatoms. The number of nitrogens with zero attached hydrogens (tertiary/aromatic N) is 2. The Kier molecular flexibility index (Phi) is 5.00. The first-order chi connectivity index (χ1) is 13.9. The van der Waals surface area contributed by atoms with Gasteiger partial charge in [-0.05, 0) is 24.6 Å². The smallest absolute Gasteiger partial charge is 0.310 e. The molecule has 0 spiro atoms. The van der Waals surface area contributed by atoms with Gasteiger partial charge in [-0.2, -0.15) is 4.89 Å². The van der Waals surface area contributed by atoms with Crippen LogP contribution in [-0.4, -0.2) is 21.6 Å². The van der Waals surface area contributed by atoms with Crippen LogP contribution in [0.5, 0.6) is 0 Å². The lowest BCUT2D eigenvalue weighted by atomic mass is 9.94. The molecule has 0 amide bonds. The Morgan fingerprint density at radius 1 is 1.14 bits per heavy atom. The maximum atomic E-state index is 12.9. The van der Waals surface area contributed by atoms with Gasteiger partial charge in [0.2, 0.25) is 6.23 Å². The van der Waals surface area contributed by atoms with Crippen LogP contribution in [0.4, 0.5) is 0 Å². The predicted octanol–water partition coefficient (Wildman–Crippen LogP) is 3.74. The third-order valence-electron chi connectivity index (χ3n) is 4.36. The number of aromatic nitrogens is 2. The number of hydrogen-bond acceptors (Lipinski definition) is 6. The summed E-state index contributed by atoms with van der Waals surface area (Å²) in [4.78, 5) is 46.1. The van der Waals surface area contributed by atoms with Crippen molar-refractivity contribution in [1.82, 2.24) is 9.97 Å². The molecule has 1 atom stereocenters. The molecule has 0 radical (unpaired) electrons. The van der Waals surface area contributed by atoms with E-state index >= 15 is 0 Å². The van der Waals surface area contributed by atoms with Gasteiger partial charge in [0.25, 0.3) is 5.56 Å². The number of rotatable bonds is 3. The Hall–Kier alpha value is -3.29. The number of halogens is 1. The van der Waals surface area contributed by atoms with Gasteiger partial charge in [-0.15, -0.1) is 0 Å². The van der Waals surface area contributed by atoms with Crippen LogP contribution in [0.25, 0.3) is 11.1 Å². The fourth-order valence-electron chi connectivity index (χ4n) is 3.23. The van der Waals surface area contributed by atoms with Gasteiger partial charge in [-0.1, -0.05) is 48.0 Å². The lowest BCUT2D eigenvalue weighted by Crippen LogP contribution is -2.19. The first kappa shape index (κ1) is 19.0. The molecule has 4 rings (SSSR count). The van der Waals surface area contributed by atoms with Crippen LogP contribution in [0.3, 0.4) is 0 Å². The minimum Gasteiger partial charge on any atom is -0.310 e. The zero-order chi connectivity index (χ0) is 20.5. The van der Waals surface area contributed by atoms with Crippen LogP contribution in [0.15, 0.2) is 58.3 Å². The van der Waals surface area contributed by atoms with Crippen molar-refractivity contribution in [3.63, 3.8) is 0 Å². The maximum Gasteiger partial charge on any atom is 0.339 e. The Labute approximate surface area is 170 Å². The summed E-state index contributed by atoms with van der Waals surface area (Å²) in [6.45, 7) is 2.87. The van der Waals surface area contributed by atoms with E-state index in [9.17, 15) is 9.59 Å². The van der Waals surface area contributed by atoms with Gasteiger partial charge in [-0.25, -0.2) is 14.8 Å². The number of aryl methyl sites for hydroxylation is 1. The Morgan fingerprint density at radius 3 is 2.62 bits per heavy atom. The fraction of sp³-hybridized carbons (Fsp3) is 0.143. The van der Waals surface area contributed by atoms with E-state index in [-0.39, 0.29) is 16.8 Å². The molecule has 0 saturated carbocycles. The molecule has 1 unspecified atom stereocenters. The zero-order valence-corrected chi connectivity index (χ0v) is 16.4. The molecule has 1 N–H and O–H groups in total. The van der Waals surface area contributed by atoms with Crippen LogP contribution in [0.2, 0.25) is 5.02 Å². The molecule has 2 heterocycles. The minimum atomic E-state index is -1.13. The molecule has 3 aromatic rings. The topological polar surface area (TPSA) is 93.6 Å². The first-order valence-corrected chi connectivity index (χ1v) is 9.20. The largest absolute Gasteiger partial charge is 0.339 e. The Bertz CT molecular complexity index is 1190. The molecule has 1 aliphatic rings. The number of nitrogens with one attached hydrogen (secondary N) is 1. The van der Waals surface area contributed by atoms with Gasteiger partial charge >= 0.3 is 5.97 Å². The number of fused-ring (bicyclic) bond motifs is 3. The van der Waals surface area contributed by atoms with E-state index < -0.39 is 12.2 Å². The summed E-state index contributed by atoms with van der Waals surface area (Å²) < 4.78 is 0. The second-order valence-corrected chi connectivity index (χ2v) is 6.91. The summed E-state index contributed by atoms with van der Waals surface area (Å²) in [5.41, 5.74) is 2.77. The van der Waals surface area contributed by atoms with E-state index in [1.807, 2.05) is 30.3 Å². The van der Waals surface area contributed by atoms with Gasteiger partial charge in [0, 0.05) is 23.1 Å². The number of hydrogen-bond donors (Lipinski definition) is 1. The SMILES string of the molecule is CC(=O)OOC1N=C(c2ccccc2)c2cc(Cl)ccc2-c2c1nc(C)[nH]c2=O. The van der Waals surface area contributed by atoms with Crippen molar-refractivity contribution in [2.24, 2.45) is 4.99 Å². The zero-order valence-electron chi connectivity index (χ0n) is 15.6. The van der Waals surface area contributed by atoms with Crippen molar-refractivity contribution >= 4 is 23.3 Å². The number of aromatic amines is 1. The third kappa shape index (κ3) is 3.70. The molecular formula is C21H16ClN3O4. The minimum absolute atomic E-state index is 0.252. The summed E-state index contributed by atoms with van der Waals surface area (Å²) in [6.07, 6.45) is -1.13. The Balaban J connectivity index is 2.05. The number of carbonyl (C=O) groups excluding carboxylic acids is 1. The fourth-order valence-corrected chi connectivity index (χ4v) is 3.40. The summed E-state index contributed by atoms with van der Waals surface area (Å²) in [5, 5.41) is 0.491.